The van der Waals surface area contributed by atoms with Crippen molar-refractivity contribution in [3.05, 3.63) is 65.9 Å². The van der Waals surface area contributed by atoms with E-state index in [4.69, 9.17) is 9.47 Å². The summed E-state index contributed by atoms with van der Waals surface area (Å²) >= 11 is 0. The molecule has 210 valence electrons. The number of fused-ring (bicyclic) bond motifs is 1. The quantitative estimate of drug-likeness (QED) is 0.193. The third kappa shape index (κ3) is 6.73. The van der Waals surface area contributed by atoms with Gasteiger partial charge in [0.15, 0.2) is 11.4 Å². The molecule has 5 rings (SSSR count). The zero-order valence-electron chi connectivity index (χ0n) is 22.6. The number of aryl methyl sites for hydroxylation is 1. The Morgan fingerprint density at radius 1 is 1.10 bits per heavy atom. The number of carbonyl (C=O) groups excluding carboxylic acids is 1. The number of alkyl halides is 3. The number of nitrogens with zero attached hydrogens (tertiary/aromatic N) is 3. The Balaban J connectivity index is 1.47. The maximum Gasteiger partial charge on any atom is 0.390 e. The molecule has 2 aromatic heterocycles. The minimum Gasteiger partial charge on any atom is -0.491 e. The fourth-order valence-electron chi connectivity index (χ4n) is 4.47. The van der Waals surface area contributed by atoms with Crippen molar-refractivity contribution in [1.29, 1.82) is 0 Å². The maximum absolute atomic E-state index is 12.8. The van der Waals surface area contributed by atoms with Crippen LogP contribution in [0.3, 0.4) is 0 Å². The Labute approximate surface area is 230 Å². The first-order chi connectivity index (χ1) is 19.1. The lowest BCUT2D eigenvalue weighted by atomic mass is 9.98. The van der Waals surface area contributed by atoms with Gasteiger partial charge in [0, 0.05) is 30.2 Å². The first kappa shape index (κ1) is 27.5. The van der Waals surface area contributed by atoms with Crippen molar-refractivity contribution < 1.29 is 27.4 Å². The molecule has 1 N–H and O–H groups in total. The number of anilines is 1. The van der Waals surface area contributed by atoms with E-state index < -0.39 is 12.6 Å². The molecule has 4 aromatic rings. The molecule has 0 radical (unpaired) electrons. The summed E-state index contributed by atoms with van der Waals surface area (Å²) in [6, 6.07) is 14.1. The predicted octanol–water partition coefficient (Wildman–Crippen LogP) is 7.63. The fourth-order valence-corrected chi connectivity index (χ4v) is 4.47. The first-order valence-corrected chi connectivity index (χ1v) is 13.3. The van der Waals surface area contributed by atoms with Gasteiger partial charge in [-0.3, -0.25) is 4.79 Å². The summed E-state index contributed by atoms with van der Waals surface area (Å²) in [6.45, 7) is 5.43. The van der Waals surface area contributed by atoms with Crippen LogP contribution in [0.15, 0.2) is 54.7 Å². The van der Waals surface area contributed by atoms with Crippen LogP contribution in [-0.4, -0.2) is 39.2 Å². The minimum atomic E-state index is -4.30. The van der Waals surface area contributed by atoms with Crippen molar-refractivity contribution in [3.63, 3.8) is 0 Å². The van der Waals surface area contributed by atoms with Gasteiger partial charge in [-0.05, 0) is 75.4 Å². The van der Waals surface area contributed by atoms with Gasteiger partial charge in [-0.2, -0.15) is 13.2 Å². The van der Waals surface area contributed by atoms with Crippen molar-refractivity contribution >= 4 is 17.1 Å². The SMILES string of the molecule is Cc1cc(-c2cnc3c(NCCC(F)(F)F)cc(Oc4ccc(OC(C)C)cc4)nn23)ccc1C(=O)CC1CC1. The molecule has 1 fully saturated rings. The van der Waals surface area contributed by atoms with Crippen LogP contribution in [0.4, 0.5) is 18.9 Å². The zero-order valence-corrected chi connectivity index (χ0v) is 22.6. The average Bonchev–Trinajstić information content (AvgIpc) is 3.59. The molecule has 2 aromatic carbocycles. The van der Waals surface area contributed by atoms with Gasteiger partial charge in [-0.15, -0.1) is 5.10 Å². The molecule has 0 atom stereocenters. The van der Waals surface area contributed by atoms with Gasteiger partial charge in [0.25, 0.3) is 0 Å². The van der Waals surface area contributed by atoms with Crippen LogP contribution in [0.1, 0.15) is 55.5 Å². The molecule has 0 amide bonds. The molecule has 1 aliphatic rings. The Bertz CT molecular complexity index is 1510. The molecule has 0 bridgehead atoms. The number of aromatic nitrogens is 3. The van der Waals surface area contributed by atoms with Crippen molar-refractivity contribution in [3.8, 4) is 28.6 Å². The molecule has 0 spiro atoms. The molecule has 7 nitrogen and oxygen atoms in total. The molecular formula is C30H31F3N4O3. The lowest BCUT2D eigenvalue weighted by Gasteiger charge is -2.13. The lowest BCUT2D eigenvalue weighted by Crippen LogP contribution is -2.15. The van der Waals surface area contributed by atoms with E-state index >= 15 is 0 Å². The summed E-state index contributed by atoms with van der Waals surface area (Å²) in [5, 5.41) is 7.44. The predicted molar refractivity (Wildman–Crippen MR) is 146 cm³/mol. The molecular weight excluding hydrogens is 521 g/mol. The highest BCUT2D eigenvalue weighted by Gasteiger charge is 2.27. The molecule has 2 heterocycles. The van der Waals surface area contributed by atoms with Crippen LogP contribution in [0.5, 0.6) is 17.4 Å². The average molecular weight is 553 g/mol. The van der Waals surface area contributed by atoms with Gasteiger partial charge in [0.05, 0.1) is 30.1 Å². The third-order valence-electron chi connectivity index (χ3n) is 6.58. The normalized spacial score (nSPS) is 13.6. The van der Waals surface area contributed by atoms with E-state index in [-0.39, 0.29) is 24.3 Å². The number of hydrogen-bond donors (Lipinski definition) is 1. The first-order valence-electron chi connectivity index (χ1n) is 13.3. The minimum absolute atomic E-state index is 0.0230. The molecule has 0 unspecified atom stereocenters. The number of benzene rings is 2. The topological polar surface area (TPSA) is 77.8 Å². The number of imidazole rings is 1. The maximum atomic E-state index is 12.8. The standard InChI is InChI=1S/C30H31F3N4O3/c1-18(2)39-22-7-9-23(10-8-22)40-28-16-25(34-13-12-30(31,32)33)29-35-17-26(37(29)36-28)21-6-11-24(19(3)14-21)27(38)15-20-4-5-20/h6-11,14,16-18,20,34H,4-5,12-13,15H2,1-3H3. The van der Waals surface area contributed by atoms with Crippen molar-refractivity contribution in [1.82, 2.24) is 14.6 Å². The van der Waals surface area contributed by atoms with Crippen LogP contribution in [0.2, 0.25) is 0 Å². The monoisotopic (exact) mass is 552 g/mol. The number of ketones is 1. The van der Waals surface area contributed by atoms with Crippen LogP contribution in [0, 0.1) is 12.8 Å². The molecule has 0 saturated heterocycles. The Kier molecular flexibility index (Phi) is 7.69. The highest BCUT2D eigenvalue weighted by Crippen LogP contribution is 2.35. The number of ether oxygens (including phenoxy) is 2. The number of Topliss-reactive ketones (excluding diaryl/α,β-unsaturated/α-hetero) is 1. The second-order valence-corrected chi connectivity index (χ2v) is 10.4. The van der Waals surface area contributed by atoms with Crippen molar-refractivity contribution in [2.75, 3.05) is 11.9 Å². The van der Waals surface area contributed by atoms with Crippen molar-refractivity contribution in [2.45, 2.75) is 58.7 Å². The van der Waals surface area contributed by atoms with Crippen molar-refractivity contribution in [2.24, 2.45) is 5.92 Å². The van der Waals surface area contributed by atoms with E-state index in [1.807, 2.05) is 39.0 Å². The summed E-state index contributed by atoms with van der Waals surface area (Å²) in [7, 11) is 0. The van der Waals surface area contributed by atoms with Gasteiger partial charge >= 0.3 is 6.18 Å². The van der Waals surface area contributed by atoms with Gasteiger partial charge in [-0.1, -0.05) is 12.1 Å². The number of carbonyl (C=O) groups is 1. The molecule has 1 saturated carbocycles. The van der Waals surface area contributed by atoms with E-state index in [2.05, 4.69) is 15.4 Å². The number of nitrogens with one attached hydrogen (secondary N) is 1. The smallest absolute Gasteiger partial charge is 0.390 e. The van der Waals surface area contributed by atoms with E-state index in [0.29, 0.717) is 46.4 Å². The number of hydrogen-bond acceptors (Lipinski definition) is 6. The highest BCUT2D eigenvalue weighted by molar-refractivity contribution is 5.98. The van der Waals surface area contributed by atoms with Gasteiger partial charge in [0.1, 0.15) is 11.5 Å². The summed E-state index contributed by atoms with van der Waals surface area (Å²) in [5.41, 5.74) is 3.64. The molecule has 1 aliphatic carbocycles. The molecule has 0 aliphatic heterocycles. The van der Waals surface area contributed by atoms with Crippen LogP contribution in [-0.2, 0) is 0 Å². The molecule has 10 heteroatoms. The Morgan fingerprint density at radius 2 is 1.82 bits per heavy atom. The number of halogens is 3. The van der Waals surface area contributed by atoms with Crippen LogP contribution in [0.25, 0.3) is 16.9 Å². The summed E-state index contributed by atoms with van der Waals surface area (Å²) < 4.78 is 51.7. The van der Waals surface area contributed by atoms with E-state index in [9.17, 15) is 18.0 Å². The van der Waals surface area contributed by atoms with Gasteiger partial charge in [-0.25, -0.2) is 9.50 Å². The number of rotatable bonds is 11. The van der Waals surface area contributed by atoms with E-state index in [0.717, 1.165) is 24.0 Å². The van der Waals surface area contributed by atoms with E-state index in [1.54, 1.807) is 35.0 Å². The molecule has 40 heavy (non-hydrogen) atoms. The third-order valence-corrected chi connectivity index (χ3v) is 6.58. The second kappa shape index (κ2) is 11.2. The highest BCUT2D eigenvalue weighted by atomic mass is 19.4. The fraction of sp³-hybridized carbons (Fsp3) is 0.367. The summed E-state index contributed by atoms with van der Waals surface area (Å²) in [5.74, 6) is 1.98. The van der Waals surface area contributed by atoms with Crippen LogP contribution >= 0.6 is 0 Å². The summed E-state index contributed by atoms with van der Waals surface area (Å²) in [4.78, 5) is 17.1. The van der Waals surface area contributed by atoms with Gasteiger partial charge in [0.2, 0.25) is 5.88 Å². The zero-order chi connectivity index (χ0) is 28.4. The van der Waals surface area contributed by atoms with Crippen LogP contribution < -0.4 is 14.8 Å². The summed E-state index contributed by atoms with van der Waals surface area (Å²) in [6.07, 6.45) is -0.888. The van der Waals surface area contributed by atoms with E-state index in [1.165, 1.54) is 6.07 Å². The Morgan fingerprint density at radius 3 is 2.48 bits per heavy atom. The van der Waals surface area contributed by atoms with Gasteiger partial charge < -0.3 is 14.8 Å². The second-order valence-electron chi connectivity index (χ2n) is 10.4. The Hall–Kier alpha value is -4.08. The lowest BCUT2D eigenvalue weighted by molar-refractivity contribution is -0.131. The largest absolute Gasteiger partial charge is 0.491 e.